The summed E-state index contributed by atoms with van der Waals surface area (Å²) in [4.78, 5) is 0. The van der Waals surface area contributed by atoms with E-state index in [1.54, 1.807) is 0 Å². The third-order valence-electron chi connectivity index (χ3n) is 2.43. The maximum atomic E-state index is 11.4. The van der Waals surface area contributed by atoms with Crippen LogP contribution in [0.2, 0.25) is 0 Å². The van der Waals surface area contributed by atoms with Gasteiger partial charge in [-0.15, -0.1) is 0 Å². The average Bonchev–Trinajstić information content (AvgIpc) is 2.16. The minimum atomic E-state index is -3.24. The third kappa shape index (κ3) is 3.53. The Bertz CT molecular complexity index is 258. The number of piperidine rings is 1. The molecule has 0 bridgehead atoms. The summed E-state index contributed by atoms with van der Waals surface area (Å²) in [6.07, 6.45) is 2.23. The first-order chi connectivity index (χ1) is 6.52. The predicted molar refractivity (Wildman–Crippen MR) is 56.2 cm³/mol. The van der Waals surface area contributed by atoms with Crippen molar-refractivity contribution in [1.82, 2.24) is 14.3 Å². The van der Waals surface area contributed by atoms with Gasteiger partial charge in [0.15, 0.2) is 0 Å². The molecule has 0 aliphatic carbocycles. The maximum Gasteiger partial charge on any atom is 0.278 e. The molecule has 0 aromatic rings. The molecule has 0 radical (unpaired) electrons. The first-order valence-electron chi connectivity index (χ1n) is 4.90. The minimum absolute atomic E-state index is 0.429. The Hall–Kier alpha value is -0.170. The van der Waals surface area contributed by atoms with Crippen LogP contribution >= 0.6 is 0 Å². The van der Waals surface area contributed by atoms with Crippen molar-refractivity contribution in [3.63, 3.8) is 0 Å². The van der Waals surface area contributed by atoms with Crippen LogP contribution < -0.4 is 10.0 Å². The largest absolute Gasteiger partial charge is 0.316 e. The van der Waals surface area contributed by atoms with Gasteiger partial charge in [0.05, 0.1) is 0 Å². The first kappa shape index (κ1) is 11.9. The molecule has 0 amide bonds. The molecular formula is C8H19N3O2S. The topological polar surface area (TPSA) is 61.4 Å². The maximum absolute atomic E-state index is 11.4. The van der Waals surface area contributed by atoms with Gasteiger partial charge in [-0.1, -0.05) is 0 Å². The summed E-state index contributed by atoms with van der Waals surface area (Å²) in [5.41, 5.74) is 0. The lowest BCUT2D eigenvalue weighted by Crippen LogP contribution is -2.42. The molecule has 1 rings (SSSR count). The van der Waals surface area contributed by atoms with Gasteiger partial charge in [-0.3, -0.25) is 0 Å². The van der Waals surface area contributed by atoms with Crippen molar-refractivity contribution in [1.29, 1.82) is 0 Å². The van der Waals surface area contributed by atoms with Crippen LogP contribution in [0.15, 0.2) is 0 Å². The van der Waals surface area contributed by atoms with Gasteiger partial charge in [0.2, 0.25) is 0 Å². The lowest BCUT2D eigenvalue weighted by molar-refractivity contribution is 0.372. The van der Waals surface area contributed by atoms with Crippen LogP contribution in [0.5, 0.6) is 0 Å². The van der Waals surface area contributed by atoms with E-state index in [1.165, 1.54) is 18.4 Å². The van der Waals surface area contributed by atoms with E-state index in [-0.39, 0.29) is 0 Å². The fourth-order valence-electron chi connectivity index (χ4n) is 1.45. The Labute approximate surface area is 86.0 Å². The van der Waals surface area contributed by atoms with Crippen LogP contribution in [0, 0.1) is 5.92 Å². The molecule has 1 fully saturated rings. The molecule has 6 heteroatoms. The van der Waals surface area contributed by atoms with Gasteiger partial charge in [0.25, 0.3) is 10.2 Å². The summed E-state index contributed by atoms with van der Waals surface area (Å²) in [7, 11) is -0.184. The predicted octanol–water partition coefficient (Wildman–Crippen LogP) is -0.618. The summed E-state index contributed by atoms with van der Waals surface area (Å²) in [5, 5.41) is 3.25. The van der Waals surface area contributed by atoms with Gasteiger partial charge in [0.1, 0.15) is 0 Å². The molecule has 2 N–H and O–H groups in total. The molecule has 0 aromatic carbocycles. The van der Waals surface area contributed by atoms with E-state index in [9.17, 15) is 8.42 Å². The van der Waals surface area contributed by atoms with Gasteiger partial charge in [0, 0.05) is 20.6 Å². The number of nitrogens with one attached hydrogen (secondary N) is 2. The fraction of sp³-hybridized carbons (Fsp3) is 1.00. The lowest BCUT2D eigenvalue weighted by Gasteiger charge is -2.23. The van der Waals surface area contributed by atoms with E-state index in [4.69, 9.17) is 0 Å². The molecule has 1 saturated heterocycles. The Kier molecular flexibility index (Phi) is 4.31. The Balaban J connectivity index is 2.32. The molecule has 5 nitrogen and oxygen atoms in total. The average molecular weight is 221 g/mol. The lowest BCUT2D eigenvalue weighted by atomic mass is 10.0. The Morgan fingerprint density at radius 3 is 2.71 bits per heavy atom. The zero-order valence-corrected chi connectivity index (χ0v) is 9.60. The monoisotopic (exact) mass is 221 g/mol. The molecule has 0 spiro atoms. The molecule has 84 valence electrons. The van der Waals surface area contributed by atoms with Crippen molar-refractivity contribution in [2.75, 3.05) is 33.7 Å². The van der Waals surface area contributed by atoms with Crippen molar-refractivity contribution >= 4 is 10.2 Å². The van der Waals surface area contributed by atoms with Gasteiger partial charge in [-0.05, 0) is 31.8 Å². The summed E-state index contributed by atoms with van der Waals surface area (Å²) >= 11 is 0. The van der Waals surface area contributed by atoms with Crippen molar-refractivity contribution < 1.29 is 8.42 Å². The molecule has 1 aliphatic heterocycles. The number of hydrogen-bond donors (Lipinski definition) is 2. The molecule has 14 heavy (non-hydrogen) atoms. The van der Waals surface area contributed by atoms with Gasteiger partial charge >= 0.3 is 0 Å². The normalized spacial score (nSPS) is 24.1. The molecule has 1 aliphatic rings. The van der Waals surface area contributed by atoms with E-state index < -0.39 is 10.2 Å². The van der Waals surface area contributed by atoms with Crippen LogP contribution in [0.25, 0.3) is 0 Å². The smallest absolute Gasteiger partial charge is 0.278 e. The van der Waals surface area contributed by atoms with Gasteiger partial charge < -0.3 is 5.32 Å². The van der Waals surface area contributed by atoms with E-state index in [0.29, 0.717) is 12.5 Å². The molecule has 1 atom stereocenters. The van der Waals surface area contributed by atoms with Crippen molar-refractivity contribution in [3.05, 3.63) is 0 Å². The molecule has 1 heterocycles. The Morgan fingerprint density at radius 1 is 1.50 bits per heavy atom. The second-order valence-electron chi connectivity index (χ2n) is 3.85. The van der Waals surface area contributed by atoms with Crippen molar-refractivity contribution in [2.24, 2.45) is 5.92 Å². The quantitative estimate of drug-likeness (QED) is 0.665. The van der Waals surface area contributed by atoms with Crippen molar-refractivity contribution in [2.45, 2.75) is 12.8 Å². The highest BCUT2D eigenvalue weighted by molar-refractivity contribution is 7.87. The molecule has 0 aromatic heterocycles. The number of hydrogen-bond acceptors (Lipinski definition) is 3. The summed E-state index contributed by atoms with van der Waals surface area (Å²) in [6, 6.07) is 0. The van der Waals surface area contributed by atoms with Crippen LogP contribution in [-0.2, 0) is 10.2 Å². The van der Waals surface area contributed by atoms with E-state index in [2.05, 4.69) is 10.0 Å². The van der Waals surface area contributed by atoms with Gasteiger partial charge in [-0.25, -0.2) is 4.72 Å². The van der Waals surface area contributed by atoms with Crippen LogP contribution in [0.3, 0.4) is 0 Å². The molecule has 1 unspecified atom stereocenters. The summed E-state index contributed by atoms with van der Waals surface area (Å²) in [5.74, 6) is 0.429. The second kappa shape index (κ2) is 5.06. The van der Waals surface area contributed by atoms with Crippen molar-refractivity contribution in [3.8, 4) is 0 Å². The first-order valence-corrected chi connectivity index (χ1v) is 6.34. The zero-order valence-electron chi connectivity index (χ0n) is 8.78. The van der Waals surface area contributed by atoms with Crippen LogP contribution in [0.1, 0.15) is 12.8 Å². The highest BCUT2D eigenvalue weighted by Crippen LogP contribution is 2.08. The van der Waals surface area contributed by atoms with E-state index in [1.807, 2.05) is 0 Å². The second-order valence-corrected chi connectivity index (χ2v) is 5.82. The molecule has 0 saturated carbocycles. The highest BCUT2D eigenvalue weighted by Gasteiger charge is 2.17. The third-order valence-corrected chi connectivity index (χ3v) is 3.93. The van der Waals surface area contributed by atoms with Crippen LogP contribution in [-0.4, -0.2) is 46.5 Å². The summed E-state index contributed by atoms with van der Waals surface area (Å²) < 4.78 is 26.5. The summed E-state index contributed by atoms with van der Waals surface area (Å²) in [6.45, 7) is 2.50. The van der Waals surface area contributed by atoms with E-state index in [0.717, 1.165) is 25.9 Å². The Morgan fingerprint density at radius 2 is 2.21 bits per heavy atom. The van der Waals surface area contributed by atoms with Gasteiger partial charge in [-0.2, -0.15) is 12.7 Å². The van der Waals surface area contributed by atoms with Crippen LogP contribution in [0.4, 0.5) is 0 Å². The highest BCUT2D eigenvalue weighted by atomic mass is 32.2. The number of nitrogens with zero attached hydrogens (tertiary/aromatic N) is 1. The SMILES string of the molecule is CN(C)S(=O)(=O)NCC1CCCNC1. The van der Waals surface area contributed by atoms with E-state index >= 15 is 0 Å². The fourth-order valence-corrected chi connectivity index (χ4v) is 2.15. The minimum Gasteiger partial charge on any atom is -0.316 e. The number of rotatable bonds is 4. The zero-order chi connectivity index (χ0) is 10.6. The molecular weight excluding hydrogens is 202 g/mol. The standard InChI is InChI=1S/C8H19N3O2S/c1-11(2)14(12,13)10-7-8-4-3-5-9-6-8/h8-10H,3-7H2,1-2H3.